The van der Waals surface area contributed by atoms with Gasteiger partial charge in [-0.15, -0.1) is 0 Å². The Bertz CT molecular complexity index is 329. The molecule has 0 aliphatic carbocycles. The number of halogens is 1. The van der Waals surface area contributed by atoms with E-state index in [4.69, 9.17) is 4.74 Å². The summed E-state index contributed by atoms with van der Waals surface area (Å²) in [7, 11) is 0. The number of ether oxygens (including phenoxy) is 1. The average molecular weight is 302 g/mol. The number of aliphatic hydroxyl groups is 1. The Hall–Kier alpha value is -0.580. The molecule has 1 aromatic rings. The van der Waals surface area contributed by atoms with Gasteiger partial charge in [-0.1, -0.05) is 26.0 Å². The zero-order chi connectivity index (χ0) is 12.7. The first kappa shape index (κ1) is 14.5. The van der Waals surface area contributed by atoms with Crippen LogP contribution in [0.5, 0.6) is 5.75 Å². The fourth-order valence-corrected chi connectivity index (χ4v) is 1.98. The van der Waals surface area contributed by atoms with Crippen LogP contribution in [0.15, 0.2) is 28.7 Å². The van der Waals surface area contributed by atoms with Crippen molar-refractivity contribution >= 4 is 15.9 Å². The Kier molecular flexibility index (Phi) is 6.55. The molecule has 1 unspecified atom stereocenters. The van der Waals surface area contributed by atoms with Crippen molar-refractivity contribution in [3.05, 3.63) is 28.7 Å². The largest absolute Gasteiger partial charge is 0.490 e. The maximum atomic E-state index is 9.85. The Balaban J connectivity index is 2.38. The SMILES string of the molecule is CCN(CC)CC(O)COc1ccccc1Br. The van der Waals surface area contributed by atoms with Gasteiger partial charge in [0, 0.05) is 6.54 Å². The van der Waals surface area contributed by atoms with Crippen molar-refractivity contribution in [2.45, 2.75) is 20.0 Å². The molecule has 17 heavy (non-hydrogen) atoms. The minimum Gasteiger partial charge on any atom is -0.490 e. The second-order valence-corrected chi connectivity index (χ2v) is 4.74. The molecule has 0 spiro atoms. The number of likely N-dealkylation sites (N-methyl/N-ethyl adjacent to an activating group) is 1. The highest BCUT2D eigenvalue weighted by molar-refractivity contribution is 9.10. The number of hydrogen-bond acceptors (Lipinski definition) is 3. The van der Waals surface area contributed by atoms with Gasteiger partial charge in [0.1, 0.15) is 18.5 Å². The van der Waals surface area contributed by atoms with Crippen LogP contribution in [0.2, 0.25) is 0 Å². The lowest BCUT2D eigenvalue weighted by molar-refractivity contribution is 0.0713. The Labute approximate surface area is 112 Å². The third-order valence-corrected chi connectivity index (χ3v) is 3.29. The van der Waals surface area contributed by atoms with Gasteiger partial charge in [0.25, 0.3) is 0 Å². The van der Waals surface area contributed by atoms with Crippen LogP contribution in [-0.4, -0.2) is 42.4 Å². The summed E-state index contributed by atoms with van der Waals surface area (Å²) in [4.78, 5) is 2.17. The van der Waals surface area contributed by atoms with Crippen molar-refractivity contribution in [2.24, 2.45) is 0 Å². The van der Waals surface area contributed by atoms with Crippen molar-refractivity contribution in [3.63, 3.8) is 0 Å². The quantitative estimate of drug-likeness (QED) is 0.840. The molecular formula is C13H20BrNO2. The maximum absolute atomic E-state index is 9.85. The van der Waals surface area contributed by atoms with E-state index in [-0.39, 0.29) is 0 Å². The zero-order valence-electron chi connectivity index (χ0n) is 10.4. The molecule has 0 heterocycles. The molecule has 0 bridgehead atoms. The molecule has 96 valence electrons. The minimum absolute atomic E-state index is 0.319. The highest BCUT2D eigenvalue weighted by Crippen LogP contribution is 2.23. The van der Waals surface area contributed by atoms with E-state index in [1.54, 1.807) is 0 Å². The highest BCUT2D eigenvalue weighted by Gasteiger charge is 2.10. The van der Waals surface area contributed by atoms with Crippen molar-refractivity contribution in [1.82, 2.24) is 4.90 Å². The summed E-state index contributed by atoms with van der Waals surface area (Å²) in [5.41, 5.74) is 0. The van der Waals surface area contributed by atoms with Gasteiger partial charge in [-0.2, -0.15) is 0 Å². The van der Waals surface area contributed by atoms with Gasteiger partial charge < -0.3 is 14.7 Å². The molecule has 0 saturated carbocycles. The molecule has 1 atom stereocenters. The normalized spacial score (nSPS) is 12.8. The zero-order valence-corrected chi connectivity index (χ0v) is 12.0. The predicted octanol–water partition coefficient (Wildman–Crippen LogP) is 2.53. The first-order valence-electron chi connectivity index (χ1n) is 5.95. The van der Waals surface area contributed by atoms with Crippen LogP contribution in [0.25, 0.3) is 0 Å². The van der Waals surface area contributed by atoms with E-state index in [2.05, 4.69) is 34.7 Å². The first-order valence-corrected chi connectivity index (χ1v) is 6.74. The summed E-state index contributed by atoms with van der Waals surface area (Å²) in [6.07, 6.45) is -0.456. The van der Waals surface area contributed by atoms with Crippen molar-refractivity contribution < 1.29 is 9.84 Å². The van der Waals surface area contributed by atoms with Crippen LogP contribution in [0, 0.1) is 0 Å². The average Bonchev–Trinajstić information content (AvgIpc) is 2.35. The second-order valence-electron chi connectivity index (χ2n) is 3.88. The molecule has 1 rings (SSSR count). The summed E-state index contributed by atoms with van der Waals surface area (Å²) >= 11 is 3.41. The maximum Gasteiger partial charge on any atom is 0.133 e. The fourth-order valence-electron chi connectivity index (χ4n) is 1.58. The second kappa shape index (κ2) is 7.69. The molecule has 1 aromatic carbocycles. The highest BCUT2D eigenvalue weighted by atomic mass is 79.9. The molecule has 0 aliphatic heterocycles. The van der Waals surface area contributed by atoms with Gasteiger partial charge in [-0.25, -0.2) is 0 Å². The van der Waals surface area contributed by atoms with Crippen LogP contribution >= 0.6 is 15.9 Å². The van der Waals surface area contributed by atoms with Gasteiger partial charge in [-0.05, 0) is 41.2 Å². The number of para-hydroxylation sites is 1. The summed E-state index contributed by atoms with van der Waals surface area (Å²) in [5, 5.41) is 9.85. The first-order chi connectivity index (χ1) is 8.17. The van der Waals surface area contributed by atoms with Gasteiger partial charge >= 0.3 is 0 Å². The summed E-state index contributed by atoms with van der Waals surface area (Å²) in [6.45, 7) is 7.04. The number of nitrogens with zero attached hydrogens (tertiary/aromatic N) is 1. The lowest BCUT2D eigenvalue weighted by Gasteiger charge is -2.22. The Morgan fingerprint density at radius 1 is 1.29 bits per heavy atom. The van der Waals surface area contributed by atoms with Crippen molar-refractivity contribution in [3.8, 4) is 5.75 Å². The van der Waals surface area contributed by atoms with E-state index in [0.29, 0.717) is 13.2 Å². The van der Waals surface area contributed by atoms with Crippen LogP contribution in [0.3, 0.4) is 0 Å². The lowest BCUT2D eigenvalue weighted by atomic mass is 10.3. The monoisotopic (exact) mass is 301 g/mol. The van der Waals surface area contributed by atoms with Crippen molar-refractivity contribution in [2.75, 3.05) is 26.2 Å². The standard InChI is InChI=1S/C13H20BrNO2/c1-3-15(4-2)9-11(16)10-17-13-8-6-5-7-12(13)14/h5-8,11,16H,3-4,9-10H2,1-2H3. The Morgan fingerprint density at radius 2 is 1.94 bits per heavy atom. The molecule has 0 saturated heterocycles. The molecular weight excluding hydrogens is 282 g/mol. The molecule has 0 amide bonds. The number of benzene rings is 1. The summed E-state index contributed by atoms with van der Waals surface area (Å²) in [5.74, 6) is 0.770. The van der Waals surface area contributed by atoms with Crippen LogP contribution in [0.4, 0.5) is 0 Å². The van der Waals surface area contributed by atoms with E-state index in [9.17, 15) is 5.11 Å². The van der Waals surface area contributed by atoms with E-state index < -0.39 is 6.10 Å². The third kappa shape index (κ3) is 5.06. The smallest absolute Gasteiger partial charge is 0.133 e. The summed E-state index contributed by atoms with van der Waals surface area (Å²) in [6, 6.07) is 7.65. The summed E-state index contributed by atoms with van der Waals surface area (Å²) < 4.78 is 6.48. The van der Waals surface area contributed by atoms with Crippen LogP contribution in [-0.2, 0) is 0 Å². The van der Waals surface area contributed by atoms with Gasteiger partial charge in [0.15, 0.2) is 0 Å². The van der Waals surface area contributed by atoms with Gasteiger partial charge in [0.05, 0.1) is 4.47 Å². The van der Waals surface area contributed by atoms with Crippen molar-refractivity contribution in [1.29, 1.82) is 0 Å². The molecule has 3 nitrogen and oxygen atoms in total. The number of rotatable bonds is 7. The number of hydrogen-bond donors (Lipinski definition) is 1. The number of aliphatic hydroxyl groups excluding tert-OH is 1. The Morgan fingerprint density at radius 3 is 2.53 bits per heavy atom. The van der Waals surface area contributed by atoms with Gasteiger partial charge in [-0.3, -0.25) is 0 Å². The minimum atomic E-state index is -0.456. The topological polar surface area (TPSA) is 32.7 Å². The van der Waals surface area contributed by atoms with Gasteiger partial charge in [0.2, 0.25) is 0 Å². The third-order valence-electron chi connectivity index (χ3n) is 2.63. The van der Waals surface area contributed by atoms with E-state index >= 15 is 0 Å². The van der Waals surface area contributed by atoms with E-state index in [1.807, 2.05) is 24.3 Å². The molecule has 0 fully saturated rings. The van der Waals surface area contributed by atoms with E-state index in [1.165, 1.54) is 0 Å². The fraction of sp³-hybridized carbons (Fsp3) is 0.538. The van der Waals surface area contributed by atoms with Crippen LogP contribution < -0.4 is 4.74 Å². The van der Waals surface area contributed by atoms with E-state index in [0.717, 1.165) is 23.3 Å². The lowest BCUT2D eigenvalue weighted by Crippen LogP contribution is -2.35. The predicted molar refractivity (Wildman–Crippen MR) is 73.4 cm³/mol. The molecule has 4 heteroatoms. The molecule has 0 aromatic heterocycles. The molecule has 0 radical (unpaired) electrons. The molecule has 0 aliphatic rings. The molecule has 1 N–H and O–H groups in total. The van der Waals surface area contributed by atoms with Crippen LogP contribution in [0.1, 0.15) is 13.8 Å².